The number of halogens is 5. The van der Waals surface area contributed by atoms with E-state index in [1.165, 1.54) is 24.3 Å². The van der Waals surface area contributed by atoms with E-state index < -0.39 is 33.8 Å². The molecule has 28 heavy (non-hydrogen) atoms. The third-order valence-electron chi connectivity index (χ3n) is 4.31. The molecule has 2 N–H and O–H groups in total. The number of ether oxygens (including phenoxy) is 1. The molecular formula is C17H15ClF4N2O3S. The Morgan fingerprint density at radius 3 is 2.21 bits per heavy atom. The average molecular weight is 439 g/mol. The fourth-order valence-electron chi connectivity index (χ4n) is 2.99. The minimum absolute atomic E-state index is 0.00963. The molecular weight excluding hydrogens is 424 g/mol. The van der Waals surface area contributed by atoms with Crippen LogP contribution >= 0.6 is 11.6 Å². The number of sulfonamides is 1. The zero-order valence-electron chi connectivity index (χ0n) is 14.1. The molecule has 152 valence electrons. The van der Waals surface area contributed by atoms with Gasteiger partial charge in [0.05, 0.1) is 4.90 Å². The summed E-state index contributed by atoms with van der Waals surface area (Å²) in [5.41, 5.74) is -1.21. The molecule has 0 aromatic heterocycles. The van der Waals surface area contributed by atoms with E-state index in [1.807, 2.05) is 0 Å². The predicted molar refractivity (Wildman–Crippen MR) is 94.3 cm³/mol. The lowest BCUT2D eigenvalue weighted by atomic mass is 9.89. The van der Waals surface area contributed by atoms with Crippen molar-refractivity contribution in [3.8, 4) is 5.75 Å². The van der Waals surface area contributed by atoms with Crippen molar-refractivity contribution in [3.63, 3.8) is 0 Å². The van der Waals surface area contributed by atoms with Crippen LogP contribution in [-0.2, 0) is 15.6 Å². The van der Waals surface area contributed by atoms with E-state index >= 15 is 0 Å². The van der Waals surface area contributed by atoms with Crippen molar-refractivity contribution in [1.29, 1.82) is 0 Å². The Kier molecular flexibility index (Phi) is 5.59. The van der Waals surface area contributed by atoms with Gasteiger partial charge in [0.15, 0.2) is 0 Å². The van der Waals surface area contributed by atoms with Crippen molar-refractivity contribution in [2.75, 3.05) is 13.1 Å². The van der Waals surface area contributed by atoms with Crippen molar-refractivity contribution < 1.29 is 30.7 Å². The Morgan fingerprint density at radius 1 is 1.11 bits per heavy atom. The Morgan fingerprint density at radius 2 is 1.71 bits per heavy atom. The molecule has 1 aliphatic heterocycles. The van der Waals surface area contributed by atoms with Crippen molar-refractivity contribution in [2.24, 2.45) is 0 Å². The van der Waals surface area contributed by atoms with E-state index in [0.717, 1.165) is 24.3 Å². The van der Waals surface area contributed by atoms with Crippen LogP contribution in [-0.4, -0.2) is 34.0 Å². The topological polar surface area (TPSA) is 67.4 Å². The average Bonchev–Trinajstić information content (AvgIpc) is 2.95. The second-order valence-corrected chi connectivity index (χ2v) is 8.32. The summed E-state index contributed by atoms with van der Waals surface area (Å²) in [5.74, 6) is -0.565. The number of alkyl halides is 4. The van der Waals surface area contributed by atoms with Gasteiger partial charge in [0.1, 0.15) is 17.5 Å². The number of hydrogen-bond donors (Lipinski definition) is 2. The molecule has 1 aliphatic rings. The standard InChI is InChI=1S/C17H15ClF4N2O3S/c18-12-3-1-11(2-4-12)16(10-23-9-15(16)19)24-28(25,26)14-7-5-13(6-8-14)27-17(20,21)22/h1-8,15,23-24H,9-10H2/t15-,16-/m1/s1. The van der Waals surface area contributed by atoms with Crippen molar-refractivity contribution >= 4 is 21.6 Å². The molecule has 1 heterocycles. The third-order valence-corrected chi connectivity index (χ3v) is 6.08. The summed E-state index contributed by atoms with van der Waals surface area (Å²) >= 11 is 5.85. The van der Waals surface area contributed by atoms with Gasteiger partial charge in [-0.1, -0.05) is 23.7 Å². The quantitative estimate of drug-likeness (QED) is 0.703. The molecule has 0 radical (unpaired) electrons. The smallest absolute Gasteiger partial charge is 0.406 e. The molecule has 0 amide bonds. The number of hydrogen-bond acceptors (Lipinski definition) is 4. The highest BCUT2D eigenvalue weighted by Crippen LogP contribution is 2.33. The van der Waals surface area contributed by atoms with Crippen LogP contribution in [0.15, 0.2) is 53.4 Å². The molecule has 5 nitrogen and oxygen atoms in total. The highest BCUT2D eigenvalue weighted by atomic mass is 35.5. The maximum atomic E-state index is 14.8. The largest absolute Gasteiger partial charge is 0.573 e. The molecule has 1 saturated heterocycles. The van der Waals surface area contributed by atoms with Gasteiger partial charge in [-0.25, -0.2) is 12.8 Å². The van der Waals surface area contributed by atoms with E-state index in [2.05, 4.69) is 14.8 Å². The lowest BCUT2D eigenvalue weighted by Gasteiger charge is -2.32. The van der Waals surface area contributed by atoms with Crippen molar-refractivity contribution in [2.45, 2.75) is 23.0 Å². The van der Waals surface area contributed by atoms with Gasteiger partial charge < -0.3 is 10.1 Å². The lowest BCUT2D eigenvalue weighted by molar-refractivity contribution is -0.274. The normalized spacial score (nSPS) is 23.0. The molecule has 0 spiro atoms. The number of rotatable bonds is 5. The van der Waals surface area contributed by atoms with Crippen LogP contribution in [0.4, 0.5) is 17.6 Å². The molecule has 0 bridgehead atoms. The Balaban J connectivity index is 1.91. The van der Waals surface area contributed by atoms with Gasteiger partial charge in [0.25, 0.3) is 0 Å². The fraction of sp³-hybridized carbons (Fsp3) is 0.294. The molecule has 2 aromatic carbocycles. The fourth-order valence-corrected chi connectivity index (χ4v) is 4.53. The maximum Gasteiger partial charge on any atom is 0.573 e. The molecule has 2 atom stereocenters. The minimum Gasteiger partial charge on any atom is -0.406 e. The maximum absolute atomic E-state index is 14.8. The van der Waals surface area contributed by atoms with E-state index in [4.69, 9.17) is 11.6 Å². The van der Waals surface area contributed by atoms with Crippen molar-refractivity contribution in [1.82, 2.24) is 10.0 Å². The molecule has 0 unspecified atom stereocenters. The van der Waals surface area contributed by atoms with E-state index in [9.17, 15) is 26.0 Å². The van der Waals surface area contributed by atoms with E-state index in [-0.39, 0.29) is 18.0 Å². The zero-order chi connectivity index (χ0) is 20.6. The summed E-state index contributed by atoms with van der Waals surface area (Å²) in [6, 6.07) is 9.72. The van der Waals surface area contributed by atoms with Gasteiger partial charge >= 0.3 is 6.36 Å². The number of benzene rings is 2. The van der Waals surface area contributed by atoms with Crippen LogP contribution in [0.5, 0.6) is 5.75 Å². The minimum atomic E-state index is -4.89. The van der Waals surface area contributed by atoms with Crippen molar-refractivity contribution in [3.05, 3.63) is 59.1 Å². The first-order valence-corrected chi connectivity index (χ1v) is 9.89. The van der Waals surface area contributed by atoms with Crippen LogP contribution in [0.2, 0.25) is 5.02 Å². The summed E-state index contributed by atoms with van der Waals surface area (Å²) < 4.78 is 83.1. The third kappa shape index (κ3) is 4.40. The van der Waals surface area contributed by atoms with Gasteiger partial charge in [-0.15, -0.1) is 13.2 Å². The Labute approximate surface area is 163 Å². The van der Waals surface area contributed by atoms with Crippen LogP contribution in [0.1, 0.15) is 5.56 Å². The molecule has 11 heteroatoms. The van der Waals surface area contributed by atoms with E-state index in [1.54, 1.807) is 0 Å². The van der Waals surface area contributed by atoms with Gasteiger partial charge in [-0.2, -0.15) is 4.72 Å². The summed E-state index contributed by atoms with van der Waals surface area (Å²) in [7, 11) is -4.25. The first-order valence-electron chi connectivity index (χ1n) is 8.02. The zero-order valence-corrected chi connectivity index (χ0v) is 15.7. The first kappa shape index (κ1) is 20.8. The molecule has 0 aliphatic carbocycles. The second-order valence-electron chi connectivity index (χ2n) is 6.20. The molecule has 3 rings (SSSR count). The SMILES string of the molecule is O=S(=O)(N[C@@]1(c2ccc(Cl)cc2)CNC[C@H]1F)c1ccc(OC(F)(F)F)cc1. The highest BCUT2D eigenvalue weighted by molar-refractivity contribution is 7.89. The van der Waals surface area contributed by atoms with Gasteiger partial charge in [0, 0.05) is 18.1 Å². The summed E-state index contributed by atoms with van der Waals surface area (Å²) in [5, 5.41) is 3.21. The number of nitrogens with one attached hydrogen (secondary N) is 2. The molecule has 2 aromatic rings. The van der Waals surface area contributed by atoms with Gasteiger partial charge in [0.2, 0.25) is 10.0 Å². The summed E-state index contributed by atoms with van der Waals surface area (Å²) in [4.78, 5) is -0.325. The van der Waals surface area contributed by atoms with Crippen LogP contribution < -0.4 is 14.8 Å². The monoisotopic (exact) mass is 438 g/mol. The van der Waals surface area contributed by atoms with Crippen LogP contribution in [0.3, 0.4) is 0 Å². The first-order chi connectivity index (χ1) is 13.0. The Bertz CT molecular complexity index is 936. The van der Waals surface area contributed by atoms with Gasteiger partial charge in [-0.05, 0) is 42.0 Å². The van der Waals surface area contributed by atoms with Gasteiger partial charge in [-0.3, -0.25) is 0 Å². The summed E-state index contributed by atoms with van der Waals surface area (Å²) in [6.45, 7) is -0.0756. The second kappa shape index (κ2) is 7.51. The van der Waals surface area contributed by atoms with Crippen LogP contribution in [0, 0.1) is 0 Å². The van der Waals surface area contributed by atoms with E-state index in [0.29, 0.717) is 10.6 Å². The predicted octanol–water partition coefficient (Wildman–Crippen LogP) is 3.35. The lowest BCUT2D eigenvalue weighted by Crippen LogP contribution is -2.52. The Hall–Kier alpha value is -1.88. The summed E-state index contributed by atoms with van der Waals surface area (Å²) in [6.07, 6.45) is -6.47. The molecule has 0 saturated carbocycles. The van der Waals surface area contributed by atoms with Crippen LogP contribution in [0.25, 0.3) is 0 Å². The molecule has 1 fully saturated rings. The highest BCUT2D eigenvalue weighted by Gasteiger charge is 2.48.